The fourth-order valence-electron chi connectivity index (χ4n) is 0.422. The molecule has 60 valence electrons. The van der Waals surface area contributed by atoms with E-state index >= 15 is 0 Å². The van der Waals surface area contributed by atoms with E-state index in [0.717, 1.165) is 0 Å². The SMILES string of the molecule is [N-]=[N+]=NC(=O)[C@@H](N)CC(N)=O. The van der Waals surface area contributed by atoms with Gasteiger partial charge in [-0.2, -0.15) is 0 Å². The number of azide groups is 1. The van der Waals surface area contributed by atoms with Crippen LogP contribution in [-0.4, -0.2) is 17.9 Å². The van der Waals surface area contributed by atoms with Crippen LogP contribution in [0.15, 0.2) is 5.11 Å². The van der Waals surface area contributed by atoms with Crippen molar-refractivity contribution in [3.63, 3.8) is 0 Å². The lowest BCUT2D eigenvalue weighted by atomic mass is 10.2. The minimum absolute atomic E-state index is 0.308. The zero-order valence-electron chi connectivity index (χ0n) is 5.60. The van der Waals surface area contributed by atoms with Crippen molar-refractivity contribution in [3.05, 3.63) is 10.4 Å². The molecule has 11 heavy (non-hydrogen) atoms. The van der Waals surface area contributed by atoms with Gasteiger partial charge in [-0.3, -0.25) is 9.59 Å². The molecule has 0 saturated heterocycles. The second-order valence-electron chi connectivity index (χ2n) is 1.80. The van der Waals surface area contributed by atoms with Crippen LogP contribution < -0.4 is 11.5 Å². The van der Waals surface area contributed by atoms with Gasteiger partial charge in [0, 0.05) is 11.3 Å². The van der Waals surface area contributed by atoms with E-state index in [1.165, 1.54) is 0 Å². The lowest BCUT2D eigenvalue weighted by Gasteiger charge is -2.01. The molecule has 0 aromatic carbocycles. The van der Waals surface area contributed by atoms with E-state index in [2.05, 4.69) is 10.0 Å². The summed E-state index contributed by atoms with van der Waals surface area (Å²) in [6, 6.07) is -1.12. The maximum absolute atomic E-state index is 10.5. The number of carbonyl (C=O) groups excluding carboxylic acids is 2. The topological polar surface area (TPSA) is 135 Å². The summed E-state index contributed by atoms with van der Waals surface area (Å²) in [5.41, 5.74) is 17.6. The third kappa shape index (κ3) is 3.90. The summed E-state index contributed by atoms with van der Waals surface area (Å²) in [7, 11) is 0. The normalized spacial score (nSPS) is 11.4. The fourth-order valence-corrected chi connectivity index (χ4v) is 0.422. The van der Waals surface area contributed by atoms with Crippen LogP contribution in [0.3, 0.4) is 0 Å². The van der Waals surface area contributed by atoms with Crippen LogP contribution in [0.1, 0.15) is 6.42 Å². The van der Waals surface area contributed by atoms with Crippen molar-refractivity contribution in [1.29, 1.82) is 0 Å². The summed E-state index contributed by atoms with van der Waals surface area (Å²) in [5.74, 6) is -1.59. The van der Waals surface area contributed by atoms with Crippen LogP contribution in [0.4, 0.5) is 0 Å². The number of hydrogen-bond donors (Lipinski definition) is 2. The molecule has 1 atom stereocenters. The summed E-state index contributed by atoms with van der Waals surface area (Å²) >= 11 is 0. The first-order chi connectivity index (χ1) is 5.07. The molecule has 7 nitrogen and oxygen atoms in total. The summed E-state index contributed by atoms with van der Waals surface area (Å²) in [6.45, 7) is 0. The average Bonchev–Trinajstić information content (AvgIpc) is 1.86. The van der Waals surface area contributed by atoms with Crippen molar-refractivity contribution < 1.29 is 9.59 Å². The maximum atomic E-state index is 10.5. The molecule has 0 radical (unpaired) electrons. The predicted molar refractivity (Wildman–Crippen MR) is 35.9 cm³/mol. The molecule has 0 heterocycles. The van der Waals surface area contributed by atoms with E-state index in [-0.39, 0.29) is 6.42 Å². The Morgan fingerprint density at radius 3 is 2.55 bits per heavy atom. The molecule has 7 heteroatoms. The van der Waals surface area contributed by atoms with Gasteiger partial charge in [0.1, 0.15) is 0 Å². The second-order valence-corrected chi connectivity index (χ2v) is 1.80. The molecule has 0 aliphatic carbocycles. The summed E-state index contributed by atoms with van der Waals surface area (Å²) in [4.78, 5) is 22.9. The number of nitrogens with two attached hydrogens (primary N) is 2. The van der Waals surface area contributed by atoms with E-state index in [1.54, 1.807) is 0 Å². The van der Waals surface area contributed by atoms with Gasteiger partial charge in [-0.1, -0.05) is 0 Å². The number of nitrogens with zero attached hydrogens (tertiary/aromatic N) is 3. The highest BCUT2D eigenvalue weighted by atomic mass is 16.2. The fraction of sp³-hybridized carbons (Fsp3) is 0.500. The van der Waals surface area contributed by atoms with Crippen LogP contribution in [0.2, 0.25) is 0 Å². The van der Waals surface area contributed by atoms with Crippen molar-refractivity contribution >= 4 is 11.8 Å². The lowest BCUT2D eigenvalue weighted by molar-refractivity contribution is -0.124. The molecule has 0 aliphatic rings. The minimum atomic E-state index is -1.12. The van der Waals surface area contributed by atoms with E-state index < -0.39 is 17.9 Å². The summed E-state index contributed by atoms with van der Waals surface area (Å²) < 4.78 is 0. The monoisotopic (exact) mass is 157 g/mol. The molecule has 0 aromatic rings. The van der Waals surface area contributed by atoms with Gasteiger partial charge in [0.15, 0.2) is 0 Å². The molecular weight excluding hydrogens is 150 g/mol. The number of amides is 2. The zero-order valence-corrected chi connectivity index (χ0v) is 5.60. The molecular formula is C4H7N5O2. The van der Waals surface area contributed by atoms with Crippen molar-refractivity contribution in [1.82, 2.24) is 0 Å². The third-order valence-electron chi connectivity index (χ3n) is 0.882. The predicted octanol–water partition coefficient (Wildman–Crippen LogP) is -0.974. The Morgan fingerprint density at radius 1 is 1.64 bits per heavy atom. The van der Waals surface area contributed by atoms with Gasteiger partial charge in [0.2, 0.25) is 11.8 Å². The molecule has 0 spiro atoms. The molecule has 0 rings (SSSR count). The van der Waals surface area contributed by atoms with E-state index in [9.17, 15) is 9.59 Å². The quantitative estimate of drug-likeness (QED) is 0.309. The number of carbonyl (C=O) groups is 2. The Kier molecular flexibility index (Phi) is 3.65. The van der Waals surface area contributed by atoms with Crippen LogP contribution in [0, 0.1) is 0 Å². The number of primary amides is 1. The molecule has 0 aliphatic heterocycles. The molecule has 0 fully saturated rings. The first-order valence-corrected chi connectivity index (χ1v) is 2.70. The van der Waals surface area contributed by atoms with Gasteiger partial charge in [0.25, 0.3) is 0 Å². The maximum Gasteiger partial charge on any atom is 0.236 e. The van der Waals surface area contributed by atoms with Gasteiger partial charge < -0.3 is 11.5 Å². The van der Waals surface area contributed by atoms with E-state index in [0.29, 0.717) is 0 Å². The lowest BCUT2D eigenvalue weighted by Crippen LogP contribution is -2.33. The Balaban J connectivity index is 4.02. The first kappa shape index (κ1) is 9.41. The van der Waals surface area contributed by atoms with Gasteiger partial charge in [-0.05, 0) is 10.6 Å². The highest BCUT2D eigenvalue weighted by molar-refractivity contribution is 5.87. The first-order valence-electron chi connectivity index (χ1n) is 2.70. The standard InChI is InChI=1S/C4H7N5O2/c5-2(1-3(6)10)4(11)8-9-7/h2H,1,5H2,(H2,6,10)/t2-/m0/s1. The van der Waals surface area contributed by atoms with Crippen LogP contribution in [0.5, 0.6) is 0 Å². The second kappa shape index (κ2) is 4.26. The smallest absolute Gasteiger partial charge is 0.236 e. The Morgan fingerprint density at radius 2 is 2.18 bits per heavy atom. The molecule has 0 bridgehead atoms. The third-order valence-corrected chi connectivity index (χ3v) is 0.882. The molecule has 0 saturated carbocycles. The Labute approximate surface area is 62.0 Å². The number of hydrogen-bond acceptors (Lipinski definition) is 3. The minimum Gasteiger partial charge on any atom is -0.370 e. The Bertz CT molecular complexity index is 219. The molecule has 2 amide bonds. The van der Waals surface area contributed by atoms with Gasteiger partial charge in [-0.25, -0.2) is 0 Å². The summed E-state index contributed by atoms with van der Waals surface area (Å²) in [5, 5.41) is 2.69. The average molecular weight is 157 g/mol. The molecule has 4 N–H and O–H groups in total. The van der Waals surface area contributed by atoms with Crippen molar-refractivity contribution in [2.24, 2.45) is 16.6 Å². The van der Waals surface area contributed by atoms with Crippen molar-refractivity contribution in [2.75, 3.05) is 0 Å². The Hall–Kier alpha value is -1.59. The van der Waals surface area contributed by atoms with Gasteiger partial charge >= 0.3 is 0 Å². The van der Waals surface area contributed by atoms with Crippen LogP contribution in [0.25, 0.3) is 10.4 Å². The largest absolute Gasteiger partial charge is 0.370 e. The van der Waals surface area contributed by atoms with E-state index in [1.807, 2.05) is 0 Å². The van der Waals surface area contributed by atoms with Crippen molar-refractivity contribution in [3.8, 4) is 0 Å². The van der Waals surface area contributed by atoms with Crippen LogP contribution in [-0.2, 0) is 9.59 Å². The summed E-state index contributed by atoms with van der Waals surface area (Å²) in [6.07, 6.45) is -0.308. The van der Waals surface area contributed by atoms with Crippen LogP contribution >= 0.6 is 0 Å². The highest BCUT2D eigenvalue weighted by Crippen LogP contribution is 1.90. The molecule has 0 aromatic heterocycles. The molecule has 0 unspecified atom stereocenters. The number of rotatable bonds is 3. The zero-order chi connectivity index (χ0) is 8.85. The van der Waals surface area contributed by atoms with Crippen molar-refractivity contribution in [2.45, 2.75) is 12.5 Å². The van der Waals surface area contributed by atoms with Gasteiger partial charge in [-0.15, -0.1) is 0 Å². The highest BCUT2D eigenvalue weighted by Gasteiger charge is 2.13. The van der Waals surface area contributed by atoms with E-state index in [4.69, 9.17) is 17.0 Å². The van der Waals surface area contributed by atoms with Gasteiger partial charge in [0.05, 0.1) is 6.04 Å².